The van der Waals surface area contributed by atoms with Crippen LogP contribution in [0.15, 0.2) is 41.6 Å². The molecule has 7 nitrogen and oxygen atoms in total. The third-order valence-electron chi connectivity index (χ3n) is 3.81. The van der Waals surface area contributed by atoms with Crippen molar-refractivity contribution in [1.29, 1.82) is 0 Å². The molecule has 1 aromatic heterocycles. The molecule has 0 N–H and O–H groups in total. The van der Waals surface area contributed by atoms with Gasteiger partial charge in [0.1, 0.15) is 12.5 Å². The number of morpholine rings is 1. The summed E-state index contributed by atoms with van der Waals surface area (Å²) in [6, 6.07) is 6.72. The van der Waals surface area contributed by atoms with Crippen molar-refractivity contribution in [2.75, 3.05) is 26.9 Å². The zero-order valence-corrected chi connectivity index (χ0v) is 13.9. The Bertz CT molecular complexity index is 809. The van der Waals surface area contributed by atoms with Crippen LogP contribution in [0.5, 0.6) is 0 Å². The Balaban J connectivity index is 1.99. The van der Waals surface area contributed by atoms with Crippen LogP contribution in [0, 0.1) is 5.82 Å². The fourth-order valence-corrected chi connectivity index (χ4v) is 4.40. The highest BCUT2D eigenvalue weighted by molar-refractivity contribution is 7.89. The van der Waals surface area contributed by atoms with Crippen LogP contribution in [0.25, 0.3) is 0 Å². The Morgan fingerprint density at radius 2 is 2.25 bits per heavy atom. The van der Waals surface area contributed by atoms with Gasteiger partial charge in [-0.15, -0.1) is 0 Å². The zero-order chi connectivity index (χ0) is 17.2. The molecule has 1 aliphatic heterocycles. The maximum Gasteiger partial charge on any atom is 0.261 e. The van der Waals surface area contributed by atoms with Gasteiger partial charge in [0.2, 0.25) is 0 Å². The third-order valence-corrected chi connectivity index (χ3v) is 5.74. The smallest absolute Gasteiger partial charge is 0.261 e. The Labute approximate surface area is 139 Å². The van der Waals surface area contributed by atoms with E-state index in [9.17, 15) is 12.8 Å². The predicted octanol–water partition coefficient (Wildman–Crippen LogP) is 1.39. The van der Waals surface area contributed by atoms with E-state index in [-0.39, 0.29) is 31.5 Å². The molecule has 3 rings (SSSR count). The lowest BCUT2D eigenvalue weighted by molar-refractivity contribution is 0.0313. The van der Waals surface area contributed by atoms with E-state index >= 15 is 0 Å². The lowest BCUT2D eigenvalue weighted by Crippen LogP contribution is -2.44. The van der Waals surface area contributed by atoms with Gasteiger partial charge in [-0.2, -0.15) is 9.40 Å². The molecule has 24 heavy (non-hydrogen) atoms. The minimum absolute atomic E-state index is 0.0243. The molecule has 0 saturated carbocycles. The van der Waals surface area contributed by atoms with Gasteiger partial charge >= 0.3 is 0 Å². The normalized spacial score (nSPS) is 19.5. The SMILES string of the molecule is COCn1nccc1S(=O)(=O)N1CCOCC1c1cccc(F)c1. The number of hydrogen-bond donors (Lipinski definition) is 0. The van der Waals surface area contributed by atoms with Gasteiger partial charge in [0.15, 0.2) is 5.03 Å². The van der Waals surface area contributed by atoms with Crippen LogP contribution >= 0.6 is 0 Å². The Kier molecular flexibility index (Phi) is 4.95. The maximum atomic E-state index is 13.5. The maximum absolute atomic E-state index is 13.5. The lowest BCUT2D eigenvalue weighted by Gasteiger charge is -2.34. The third kappa shape index (κ3) is 3.20. The summed E-state index contributed by atoms with van der Waals surface area (Å²) in [5.41, 5.74) is 0.552. The number of ether oxygens (including phenoxy) is 2. The molecule has 2 heterocycles. The van der Waals surface area contributed by atoms with Crippen molar-refractivity contribution in [2.45, 2.75) is 17.8 Å². The molecule has 2 aromatic rings. The Morgan fingerprint density at radius 3 is 3.00 bits per heavy atom. The second-order valence-corrected chi connectivity index (χ2v) is 7.19. The first-order chi connectivity index (χ1) is 11.5. The van der Waals surface area contributed by atoms with E-state index in [1.54, 1.807) is 12.1 Å². The summed E-state index contributed by atoms with van der Waals surface area (Å²) < 4.78 is 52.7. The van der Waals surface area contributed by atoms with Gasteiger partial charge in [-0.25, -0.2) is 17.5 Å². The van der Waals surface area contributed by atoms with Crippen molar-refractivity contribution in [3.63, 3.8) is 0 Å². The average Bonchev–Trinajstić information content (AvgIpc) is 3.04. The second-order valence-electron chi connectivity index (χ2n) is 5.35. The number of methoxy groups -OCH3 is 1. The van der Waals surface area contributed by atoms with Gasteiger partial charge in [0.25, 0.3) is 10.0 Å². The molecule has 0 radical (unpaired) electrons. The van der Waals surface area contributed by atoms with Crippen molar-refractivity contribution in [3.8, 4) is 0 Å². The van der Waals surface area contributed by atoms with Crippen molar-refractivity contribution in [3.05, 3.63) is 47.9 Å². The van der Waals surface area contributed by atoms with E-state index in [1.165, 1.54) is 40.5 Å². The Hall–Kier alpha value is -1.81. The predicted molar refractivity (Wildman–Crippen MR) is 83.1 cm³/mol. The van der Waals surface area contributed by atoms with Crippen LogP contribution < -0.4 is 0 Å². The first kappa shape index (κ1) is 17.0. The molecule has 1 fully saturated rings. The van der Waals surface area contributed by atoms with Crippen LogP contribution in [-0.4, -0.2) is 49.4 Å². The number of nitrogens with zero attached hydrogens (tertiary/aromatic N) is 3. The van der Waals surface area contributed by atoms with Crippen molar-refractivity contribution in [1.82, 2.24) is 14.1 Å². The van der Waals surface area contributed by atoms with E-state index < -0.39 is 21.9 Å². The van der Waals surface area contributed by atoms with E-state index in [4.69, 9.17) is 9.47 Å². The minimum atomic E-state index is -3.83. The molecular weight excluding hydrogens is 337 g/mol. The summed E-state index contributed by atoms with van der Waals surface area (Å²) in [5.74, 6) is -0.417. The van der Waals surface area contributed by atoms with Crippen molar-refractivity contribution in [2.24, 2.45) is 0 Å². The molecule has 0 aliphatic carbocycles. The van der Waals surface area contributed by atoms with Crippen LogP contribution in [0.3, 0.4) is 0 Å². The second kappa shape index (κ2) is 6.98. The number of benzene rings is 1. The Morgan fingerprint density at radius 1 is 1.42 bits per heavy atom. The lowest BCUT2D eigenvalue weighted by atomic mass is 10.1. The van der Waals surface area contributed by atoms with E-state index in [1.807, 2.05) is 0 Å². The fourth-order valence-electron chi connectivity index (χ4n) is 2.73. The number of sulfonamides is 1. The van der Waals surface area contributed by atoms with Gasteiger partial charge in [0, 0.05) is 13.7 Å². The molecule has 1 aromatic carbocycles. The molecular formula is C15H18FN3O4S. The average molecular weight is 355 g/mol. The van der Waals surface area contributed by atoms with Crippen LogP contribution in [0.1, 0.15) is 11.6 Å². The molecule has 0 amide bonds. The first-order valence-corrected chi connectivity index (χ1v) is 8.84. The van der Waals surface area contributed by atoms with Crippen molar-refractivity contribution < 1.29 is 22.3 Å². The topological polar surface area (TPSA) is 73.7 Å². The highest BCUT2D eigenvalue weighted by Crippen LogP contribution is 2.30. The molecule has 130 valence electrons. The molecule has 0 spiro atoms. The van der Waals surface area contributed by atoms with Gasteiger partial charge in [-0.1, -0.05) is 12.1 Å². The number of hydrogen-bond acceptors (Lipinski definition) is 5. The number of aromatic nitrogens is 2. The zero-order valence-electron chi connectivity index (χ0n) is 13.1. The van der Waals surface area contributed by atoms with E-state index in [0.29, 0.717) is 5.56 Å². The summed E-state index contributed by atoms with van der Waals surface area (Å²) in [6.07, 6.45) is 1.41. The molecule has 0 bridgehead atoms. The summed E-state index contributed by atoms with van der Waals surface area (Å²) in [6.45, 7) is 0.656. The molecule has 1 atom stereocenters. The standard InChI is InChI=1S/C15H18FN3O4S/c1-22-11-18-15(5-6-17-18)24(20,21)19-7-8-23-10-14(19)12-3-2-4-13(16)9-12/h2-6,9,14H,7-8,10-11H2,1H3. The van der Waals surface area contributed by atoms with Gasteiger partial charge in [0.05, 0.1) is 25.5 Å². The van der Waals surface area contributed by atoms with Crippen LogP contribution in [0.2, 0.25) is 0 Å². The monoisotopic (exact) mass is 355 g/mol. The summed E-state index contributed by atoms with van der Waals surface area (Å²) in [4.78, 5) is 0. The number of halogens is 1. The molecule has 1 unspecified atom stereocenters. The van der Waals surface area contributed by atoms with Gasteiger partial charge in [-0.05, 0) is 23.8 Å². The number of rotatable bonds is 5. The van der Waals surface area contributed by atoms with E-state index in [2.05, 4.69) is 5.10 Å². The first-order valence-electron chi connectivity index (χ1n) is 7.40. The molecule has 1 aliphatic rings. The summed E-state index contributed by atoms with van der Waals surface area (Å²) in [5, 5.41) is 4.01. The fraction of sp³-hybridized carbons (Fsp3) is 0.400. The van der Waals surface area contributed by atoms with Gasteiger partial charge in [-0.3, -0.25) is 0 Å². The summed E-state index contributed by atoms with van der Waals surface area (Å²) >= 11 is 0. The highest BCUT2D eigenvalue weighted by atomic mass is 32.2. The summed E-state index contributed by atoms with van der Waals surface area (Å²) in [7, 11) is -2.37. The minimum Gasteiger partial charge on any atom is -0.378 e. The highest BCUT2D eigenvalue weighted by Gasteiger charge is 2.37. The molecule has 1 saturated heterocycles. The van der Waals surface area contributed by atoms with Crippen LogP contribution in [0.4, 0.5) is 4.39 Å². The largest absolute Gasteiger partial charge is 0.378 e. The quantitative estimate of drug-likeness (QED) is 0.810. The van der Waals surface area contributed by atoms with E-state index in [0.717, 1.165) is 0 Å². The van der Waals surface area contributed by atoms with Gasteiger partial charge < -0.3 is 9.47 Å². The molecule has 9 heteroatoms. The van der Waals surface area contributed by atoms with Crippen molar-refractivity contribution >= 4 is 10.0 Å². The van der Waals surface area contributed by atoms with Crippen LogP contribution in [-0.2, 0) is 26.2 Å².